The van der Waals surface area contributed by atoms with Crippen LogP contribution in [0.2, 0.25) is 0 Å². The number of allylic oxidation sites excluding steroid dienone is 2. The molecular formula is C32H32O8. The highest BCUT2D eigenvalue weighted by molar-refractivity contribution is 5.94. The minimum Gasteiger partial charge on any atom is -0.423 e. The molecule has 0 aliphatic rings. The van der Waals surface area contributed by atoms with Gasteiger partial charge in [0.1, 0.15) is 23.0 Å². The molecule has 0 atom stereocenters. The molecule has 0 aliphatic heterocycles. The third-order valence-corrected chi connectivity index (χ3v) is 5.42. The van der Waals surface area contributed by atoms with Crippen molar-refractivity contribution in [2.24, 2.45) is 0 Å². The average molecular weight is 545 g/mol. The molecule has 0 amide bonds. The lowest BCUT2D eigenvalue weighted by Gasteiger charge is -2.15. The summed E-state index contributed by atoms with van der Waals surface area (Å²) in [5, 5.41) is 0. The number of carbonyl (C=O) groups excluding carboxylic acids is 4. The van der Waals surface area contributed by atoms with E-state index in [4.69, 9.17) is 18.9 Å². The van der Waals surface area contributed by atoms with Gasteiger partial charge in [0.05, 0.1) is 0 Å². The van der Waals surface area contributed by atoms with Gasteiger partial charge in [0.2, 0.25) is 0 Å². The second-order valence-electron chi connectivity index (χ2n) is 9.32. The summed E-state index contributed by atoms with van der Waals surface area (Å²) in [7, 11) is 0. The van der Waals surface area contributed by atoms with E-state index >= 15 is 0 Å². The molecule has 0 radical (unpaired) electrons. The maximum absolute atomic E-state index is 12.2. The van der Waals surface area contributed by atoms with Gasteiger partial charge in [-0.3, -0.25) is 0 Å². The van der Waals surface area contributed by atoms with Crippen molar-refractivity contribution in [1.82, 2.24) is 0 Å². The third-order valence-electron chi connectivity index (χ3n) is 5.42. The molecule has 0 unspecified atom stereocenters. The maximum atomic E-state index is 12.2. The van der Waals surface area contributed by atoms with Gasteiger partial charge in [0.25, 0.3) is 0 Å². The molecule has 0 saturated carbocycles. The van der Waals surface area contributed by atoms with E-state index < -0.39 is 23.9 Å². The molecule has 0 fully saturated rings. The van der Waals surface area contributed by atoms with Crippen molar-refractivity contribution < 1.29 is 38.1 Å². The maximum Gasteiger partial charge on any atom is 0.338 e. The molecule has 0 N–H and O–H groups in total. The summed E-state index contributed by atoms with van der Waals surface area (Å²) in [6.07, 6.45) is 0. The van der Waals surface area contributed by atoms with Crippen LogP contribution in [0.5, 0.6) is 23.0 Å². The second kappa shape index (κ2) is 13.2. The predicted molar refractivity (Wildman–Crippen MR) is 153 cm³/mol. The minimum atomic E-state index is -0.649. The monoisotopic (exact) mass is 544 g/mol. The van der Waals surface area contributed by atoms with Crippen molar-refractivity contribution >= 4 is 35.0 Å². The minimum absolute atomic E-state index is 0.127. The lowest BCUT2D eigenvalue weighted by atomic mass is 9.96. The largest absolute Gasteiger partial charge is 0.423 e. The van der Waals surface area contributed by atoms with E-state index in [9.17, 15) is 19.2 Å². The summed E-state index contributed by atoms with van der Waals surface area (Å²) < 4.78 is 21.6. The van der Waals surface area contributed by atoms with Gasteiger partial charge < -0.3 is 18.9 Å². The molecule has 2 rings (SSSR count). The van der Waals surface area contributed by atoms with Gasteiger partial charge in [0.15, 0.2) is 0 Å². The molecule has 0 saturated heterocycles. The van der Waals surface area contributed by atoms with E-state index in [1.165, 1.54) is 39.8 Å². The number of benzene rings is 2. The zero-order valence-corrected chi connectivity index (χ0v) is 23.6. The smallest absolute Gasteiger partial charge is 0.338 e. The van der Waals surface area contributed by atoms with Crippen molar-refractivity contribution in [2.75, 3.05) is 0 Å². The van der Waals surface area contributed by atoms with Gasteiger partial charge in [-0.05, 0) is 88.1 Å². The summed E-state index contributed by atoms with van der Waals surface area (Å²) in [4.78, 5) is 48.7. The van der Waals surface area contributed by atoms with E-state index in [1.54, 1.807) is 38.1 Å². The summed E-state index contributed by atoms with van der Waals surface area (Å²) in [5.41, 5.74) is 3.22. The van der Waals surface area contributed by atoms with Gasteiger partial charge in [-0.2, -0.15) is 0 Å². The van der Waals surface area contributed by atoms with Crippen molar-refractivity contribution in [3.8, 4) is 23.0 Å². The first-order valence-corrected chi connectivity index (χ1v) is 12.1. The Hall–Kier alpha value is -4.98. The van der Waals surface area contributed by atoms with Gasteiger partial charge in [-0.25, -0.2) is 19.2 Å². The molecule has 8 nitrogen and oxygen atoms in total. The summed E-state index contributed by atoms with van der Waals surface area (Å²) in [5.74, 6) is -2.09. The van der Waals surface area contributed by atoms with Crippen LogP contribution in [-0.4, -0.2) is 23.9 Å². The summed E-state index contributed by atoms with van der Waals surface area (Å²) in [6.45, 7) is 24.0. The normalized spacial score (nSPS) is 10.9. The highest BCUT2D eigenvalue weighted by Crippen LogP contribution is 2.35. The number of hydrogen-bond donors (Lipinski definition) is 0. The van der Waals surface area contributed by atoms with Gasteiger partial charge in [-0.15, -0.1) is 0 Å². The van der Waals surface area contributed by atoms with E-state index in [0.29, 0.717) is 22.3 Å². The second-order valence-corrected chi connectivity index (χ2v) is 9.32. The molecular weight excluding hydrogens is 512 g/mol. The fraction of sp³-hybridized carbons (Fsp3) is 0.188. The fourth-order valence-electron chi connectivity index (χ4n) is 3.02. The Bertz CT molecular complexity index is 1280. The molecule has 0 spiro atoms. The first-order chi connectivity index (χ1) is 18.6. The Balaban J connectivity index is 2.68. The van der Waals surface area contributed by atoms with Crippen molar-refractivity contribution in [3.05, 3.63) is 96.1 Å². The standard InChI is InChI=1S/C32H32O8/c1-17(2)29(33)37-25-11-23(12-26(15-25)38-30(34)18(3)4)21(9)22(10)24-13-27(39-31(35)19(5)6)16-28(14-24)40-32(36)20(7)8/h11-16H,1,3,5,7H2,2,4,6,8-10H3. The van der Waals surface area contributed by atoms with Crippen LogP contribution in [-0.2, 0) is 19.2 Å². The van der Waals surface area contributed by atoms with Crippen LogP contribution in [0.4, 0.5) is 0 Å². The van der Waals surface area contributed by atoms with Crippen LogP contribution in [0, 0.1) is 0 Å². The Kier molecular flexibility index (Phi) is 10.3. The Labute approximate surface area is 233 Å². The van der Waals surface area contributed by atoms with Gasteiger partial charge >= 0.3 is 23.9 Å². The van der Waals surface area contributed by atoms with E-state index in [1.807, 2.05) is 0 Å². The lowest BCUT2D eigenvalue weighted by molar-refractivity contribution is -0.131. The first-order valence-electron chi connectivity index (χ1n) is 12.1. The van der Waals surface area contributed by atoms with Crippen LogP contribution in [0.15, 0.2) is 85.0 Å². The highest BCUT2D eigenvalue weighted by atomic mass is 16.6. The SMILES string of the molecule is C=C(C)C(=O)Oc1cc(OC(=O)C(=C)C)cc(C(C)=C(C)c2cc(OC(=O)C(=C)C)cc(OC(=O)C(=C)C)c2)c1. The van der Waals surface area contributed by atoms with Gasteiger partial charge in [-0.1, -0.05) is 26.3 Å². The summed E-state index contributed by atoms with van der Waals surface area (Å²) in [6, 6.07) is 9.21. The lowest BCUT2D eigenvalue weighted by Crippen LogP contribution is -2.11. The third kappa shape index (κ3) is 8.52. The zero-order valence-electron chi connectivity index (χ0n) is 23.6. The average Bonchev–Trinajstić information content (AvgIpc) is 2.87. The van der Waals surface area contributed by atoms with Crippen LogP contribution >= 0.6 is 0 Å². The number of carbonyl (C=O) groups is 4. The molecule has 0 aliphatic carbocycles. The highest BCUT2D eigenvalue weighted by Gasteiger charge is 2.16. The van der Waals surface area contributed by atoms with Crippen LogP contribution in [0.1, 0.15) is 52.7 Å². The quantitative estimate of drug-likeness (QED) is 0.143. The van der Waals surface area contributed by atoms with E-state index in [0.717, 1.165) is 0 Å². The van der Waals surface area contributed by atoms with Crippen molar-refractivity contribution in [3.63, 3.8) is 0 Å². The number of esters is 4. The van der Waals surface area contributed by atoms with Crippen molar-refractivity contribution in [2.45, 2.75) is 41.5 Å². The molecule has 208 valence electrons. The van der Waals surface area contributed by atoms with E-state index in [-0.39, 0.29) is 45.3 Å². The number of rotatable bonds is 10. The molecule has 2 aromatic carbocycles. The molecule has 0 heterocycles. The number of hydrogen-bond acceptors (Lipinski definition) is 8. The Morgan fingerprint density at radius 3 is 0.800 bits per heavy atom. The molecule has 0 aromatic heterocycles. The first kappa shape index (κ1) is 31.2. The molecule has 40 heavy (non-hydrogen) atoms. The molecule has 0 bridgehead atoms. The topological polar surface area (TPSA) is 105 Å². The van der Waals surface area contributed by atoms with Crippen LogP contribution in [0.25, 0.3) is 11.1 Å². The van der Waals surface area contributed by atoms with E-state index in [2.05, 4.69) is 26.3 Å². The molecule has 8 heteroatoms. The predicted octanol–water partition coefficient (Wildman–Crippen LogP) is 6.56. The Morgan fingerprint density at radius 2 is 0.625 bits per heavy atom. The summed E-state index contributed by atoms with van der Waals surface area (Å²) >= 11 is 0. The number of ether oxygens (including phenoxy) is 4. The van der Waals surface area contributed by atoms with Crippen LogP contribution < -0.4 is 18.9 Å². The fourth-order valence-corrected chi connectivity index (χ4v) is 3.02. The van der Waals surface area contributed by atoms with Gasteiger partial charge in [0, 0.05) is 34.4 Å². The Morgan fingerprint density at radius 1 is 0.425 bits per heavy atom. The van der Waals surface area contributed by atoms with Crippen LogP contribution in [0.3, 0.4) is 0 Å². The molecule has 2 aromatic rings. The van der Waals surface area contributed by atoms with Crippen molar-refractivity contribution in [1.29, 1.82) is 0 Å². The zero-order chi connectivity index (χ0) is 30.3.